The van der Waals surface area contributed by atoms with E-state index in [9.17, 15) is 4.79 Å². The maximum absolute atomic E-state index is 11.9. The SMILES string of the molecule is Cc1ccc(C(N)C(=O)NCCc2ncn(C)n2)cc1.Cl. The molecule has 0 fully saturated rings. The third-order valence-corrected chi connectivity index (χ3v) is 3.01. The highest BCUT2D eigenvalue weighted by atomic mass is 35.5. The van der Waals surface area contributed by atoms with Crippen molar-refractivity contribution in [3.63, 3.8) is 0 Å². The summed E-state index contributed by atoms with van der Waals surface area (Å²) in [5.41, 5.74) is 7.88. The van der Waals surface area contributed by atoms with Gasteiger partial charge in [0.2, 0.25) is 5.91 Å². The number of amides is 1. The molecule has 1 heterocycles. The Labute approximate surface area is 130 Å². The maximum atomic E-state index is 11.9. The number of carbonyl (C=O) groups is 1. The van der Waals surface area contributed by atoms with Gasteiger partial charge in [0, 0.05) is 20.0 Å². The molecule has 1 amide bonds. The van der Waals surface area contributed by atoms with Gasteiger partial charge in [0.1, 0.15) is 12.4 Å². The molecule has 1 aromatic heterocycles. The number of nitrogens with zero attached hydrogens (tertiary/aromatic N) is 3. The van der Waals surface area contributed by atoms with Gasteiger partial charge in [0.15, 0.2) is 5.82 Å². The van der Waals surface area contributed by atoms with Crippen LogP contribution in [0.2, 0.25) is 0 Å². The largest absolute Gasteiger partial charge is 0.354 e. The van der Waals surface area contributed by atoms with Crippen molar-refractivity contribution in [1.82, 2.24) is 20.1 Å². The molecule has 1 unspecified atom stereocenters. The standard InChI is InChI=1S/C14H19N5O.ClH/c1-10-3-5-11(6-4-10)13(15)14(20)16-8-7-12-17-9-19(2)18-12;/h3-6,9,13H,7-8,15H2,1-2H3,(H,16,20);1H. The molecular weight excluding hydrogens is 290 g/mol. The fourth-order valence-electron chi connectivity index (χ4n) is 1.83. The summed E-state index contributed by atoms with van der Waals surface area (Å²) in [6.07, 6.45) is 2.22. The average molecular weight is 310 g/mol. The number of carbonyl (C=O) groups excluding carboxylic acids is 1. The molecule has 21 heavy (non-hydrogen) atoms. The van der Waals surface area contributed by atoms with Crippen molar-refractivity contribution in [2.45, 2.75) is 19.4 Å². The second kappa shape index (κ2) is 7.75. The number of rotatable bonds is 5. The lowest BCUT2D eigenvalue weighted by atomic mass is 10.1. The fraction of sp³-hybridized carbons (Fsp3) is 0.357. The highest BCUT2D eigenvalue weighted by molar-refractivity contribution is 5.85. The molecule has 3 N–H and O–H groups in total. The lowest BCUT2D eigenvalue weighted by molar-refractivity contribution is -0.122. The zero-order valence-corrected chi connectivity index (χ0v) is 12.9. The Morgan fingerprint density at radius 3 is 2.62 bits per heavy atom. The molecule has 1 aromatic carbocycles. The van der Waals surface area contributed by atoms with Crippen molar-refractivity contribution in [3.05, 3.63) is 47.5 Å². The van der Waals surface area contributed by atoms with Gasteiger partial charge in [-0.25, -0.2) is 4.98 Å². The fourth-order valence-corrected chi connectivity index (χ4v) is 1.83. The van der Waals surface area contributed by atoms with Gasteiger partial charge in [-0.3, -0.25) is 9.48 Å². The minimum atomic E-state index is -0.646. The molecule has 0 aliphatic rings. The van der Waals surface area contributed by atoms with E-state index in [1.165, 1.54) is 0 Å². The number of halogens is 1. The third kappa shape index (κ3) is 4.84. The number of hydrogen-bond donors (Lipinski definition) is 2. The van der Waals surface area contributed by atoms with E-state index in [0.717, 1.165) is 11.1 Å². The van der Waals surface area contributed by atoms with Gasteiger partial charge < -0.3 is 11.1 Å². The van der Waals surface area contributed by atoms with Crippen molar-refractivity contribution >= 4 is 18.3 Å². The predicted molar refractivity (Wildman–Crippen MR) is 83.1 cm³/mol. The van der Waals surface area contributed by atoms with E-state index in [1.54, 1.807) is 11.0 Å². The molecule has 0 spiro atoms. The molecular formula is C14H20ClN5O. The number of aromatic nitrogens is 3. The van der Waals surface area contributed by atoms with Gasteiger partial charge in [-0.1, -0.05) is 29.8 Å². The van der Waals surface area contributed by atoms with E-state index in [0.29, 0.717) is 18.8 Å². The Hall–Kier alpha value is -1.92. The van der Waals surface area contributed by atoms with Crippen LogP contribution in [0.3, 0.4) is 0 Å². The summed E-state index contributed by atoms with van der Waals surface area (Å²) in [4.78, 5) is 16.0. The highest BCUT2D eigenvalue weighted by Gasteiger charge is 2.15. The van der Waals surface area contributed by atoms with Crippen LogP contribution in [0.5, 0.6) is 0 Å². The van der Waals surface area contributed by atoms with Gasteiger partial charge in [-0.05, 0) is 12.5 Å². The summed E-state index contributed by atoms with van der Waals surface area (Å²) >= 11 is 0. The van der Waals surface area contributed by atoms with Crippen LogP contribution in [0.25, 0.3) is 0 Å². The third-order valence-electron chi connectivity index (χ3n) is 3.01. The summed E-state index contributed by atoms with van der Waals surface area (Å²) in [6.45, 7) is 2.47. The minimum Gasteiger partial charge on any atom is -0.354 e. The monoisotopic (exact) mass is 309 g/mol. The van der Waals surface area contributed by atoms with E-state index < -0.39 is 6.04 Å². The number of hydrogen-bond acceptors (Lipinski definition) is 4. The Kier molecular flexibility index (Phi) is 6.33. The molecule has 0 bridgehead atoms. The Morgan fingerprint density at radius 1 is 1.38 bits per heavy atom. The number of aryl methyl sites for hydroxylation is 2. The molecule has 0 aliphatic carbocycles. The number of nitrogens with two attached hydrogens (primary N) is 1. The summed E-state index contributed by atoms with van der Waals surface area (Å²) in [5, 5.41) is 6.94. The van der Waals surface area contributed by atoms with Crippen molar-refractivity contribution in [2.24, 2.45) is 12.8 Å². The molecule has 2 rings (SSSR count). The van der Waals surface area contributed by atoms with Crippen LogP contribution in [0.1, 0.15) is 23.0 Å². The molecule has 0 aliphatic heterocycles. The topological polar surface area (TPSA) is 85.8 Å². The molecule has 0 radical (unpaired) electrons. The maximum Gasteiger partial charge on any atom is 0.241 e. The van der Waals surface area contributed by atoms with E-state index >= 15 is 0 Å². The van der Waals surface area contributed by atoms with E-state index in [1.807, 2.05) is 38.2 Å². The summed E-state index contributed by atoms with van der Waals surface area (Å²) in [5.74, 6) is 0.515. The van der Waals surface area contributed by atoms with Gasteiger partial charge >= 0.3 is 0 Å². The zero-order valence-electron chi connectivity index (χ0n) is 12.1. The van der Waals surface area contributed by atoms with Gasteiger partial charge in [-0.2, -0.15) is 5.10 Å². The first-order valence-corrected chi connectivity index (χ1v) is 6.50. The molecule has 6 nitrogen and oxygen atoms in total. The van der Waals surface area contributed by atoms with Crippen molar-refractivity contribution < 1.29 is 4.79 Å². The summed E-state index contributed by atoms with van der Waals surface area (Å²) < 4.78 is 1.63. The molecule has 7 heteroatoms. The first kappa shape index (κ1) is 17.1. The average Bonchev–Trinajstić information content (AvgIpc) is 2.84. The summed E-state index contributed by atoms with van der Waals surface area (Å²) in [7, 11) is 1.81. The summed E-state index contributed by atoms with van der Waals surface area (Å²) in [6, 6.07) is 6.99. The lowest BCUT2D eigenvalue weighted by Crippen LogP contribution is -2.35. The number of benzene rings is 1. The molecule has 2 aromatic rings. The van der Waals surface area contributed by atoms with Crippen LogP contribution in [-0.2, 0) is 18.3 Å². The van der Waals surface area contributed by atoms with E-state index in [-0.39, 0.29) is 18.3 Å². The van der Waals surface area contributed by atoms with Crippen molar-refractivity contribution in [2.75, 3.05) is 6.54 Å². The quantitative estimate of drug-likeness (QED) is 0.859. The highest BCUT2D eigenvalue weighted by Crippen LogP contribution is 2.11. The second-order valence-corrected chi connectivity index (χ2v) is 4.76. The Bertz CT molecular complexity index is 581. The zero-order chi connectivity index (χ0) is 14.5. The molecule has 0 saturated heterocycles. The van der Waals surface area contributed by atoms with Crippen LogP contribution < -0.4 is 11.1 Å². The smallest absolute Gasteiger partial charge is 0.241 e. The van der Waals surface area contributed by atoms with Crippen LogP contribution in [-0.4, -0.2) is 27.2 Å². The molecule has 0 saturated carbocycles. The van der Waals surface area contributed by atoms with Crippen molar-refractivity contribution in [3.8, 4) is 0 Å². The Morgan fingerprint density at radius 2 is 2.05 bits per heavy atom. The molecule has 1 atom stereocenters. The first-order chi connectivity index (χ1) is 9.56. The van der Waals surface area contributed by atoms with Crippen LogP contribution in [0.4, 0.5) is 0 Å². The Balaban J connectivity index is 0.00000220. The molecule has 114 valence electrons. The lowest BCUT2D eigenvalue weighted by Gasteiger charge is -2.12. The van der Waals surface area contributed by atoms with Gasteiger partial charge in [-0.15, -0.1) is 12.4 Å². The predicted octanol–water partition coefficient (Wildman–Crippen LogP) is 0.904. The second-order valence-electron chi connectivity index (χ2n) is 4.76. The van der Waals surface area contributed by atoms with Crippen LogP contribution >= 0.6 is 12.4 Å². The normalized spacial score (nSPS) is 11.6. The minimum absolute atomic E-state index is 0. The van der Waals surface area contributed by atoms with Crippen molar-refractivity contribution in [1.29, 1.82) is 0 Å². The first-order valence-electron chi connectivity index (χ1n) is 6.50. The van der Waals surface area contributed by atoms with E-state index in [4.69, 9.17) is 5.73 Å². The van der Waals surface area contributed by atoms with Crippen LogP contribution in [0, 0.1) is 6.92 Å². The van der Waals surface area contributed by atoms with E-state index in [2.05, 4.69) is 15.4 Å². The van der Waals surface area contributed by atoms with Gasteiger partial charge in [0.25, 0.3) is 0 Å². The van der Waals surface area contributed by atoms with Gasteiger partial charge in [0.05, 0.1) is 0 Å². The number of nitrogens with one attached hydrogen (secondary N) is 1. The van der Waals surface area contributed by atoms with Crippen LogP contribution in [0.15, 0.2) is 30.6 Å².